The summed E-state index contributed by atoms with van der Waals surface area (Å²) in [7, 11) is 4.66. The van der Waals surface area contributed by atoms with E-state index in [2.05, 4.69) is 33.5 Å². The summed E-state index contributed by atoms with van der Waals surface area (Å²) in [5.41, 5.74) is 1.46. The van der Waals surface area contributed by atoms with Gasteiger partial charge < -0.3 is 4.74 Å². The van der Waals surface area contributed by atoms with Crippen molar-refractivity contribution in [3.63, 3.8) is 0 Å². The SMILES string of the molecule is COc1ccc(CC2CCCCC2CP)cc1. The van der Waals surface area contributed by atoms with Crippen molar-refractivity contribution in [2.75, 3.05) is 13.3 Å². The molecule has 3 atom stereocenters. The van der Waals surface area contributed by atoms with Crippen LogP contribution in [0.3, 0.4) is 0 Å². The highest BCUT2D eigenvalue weighted by atomic mass is 31.0. The monoisotopic (exact) mass is 250 g/mol. The van der Waals surface area contributed by atoms with Gasteiger partial charge in [0.15, 0.2) is 0 Å². The second-order valence-electron chi connectivity index (χ2n) is 5.09. The van der Waals surface area contributed by atoms with Crippen molar-refractivity contribution in [2.24, 2.45) is 11.8 Å². The van der Waals surface area contributed by atoms with Crippen molar-refractivity contribution in [1.82, 2.24) is 0 Å². The number of benzene rings is 1. The van der Waals surface area contributed by atoms with Crippen molar-refractivity contribution in [1.29, 1.82) is 0 Å². The van der Waals surface area contributed by atoms with Crippen LogP contribution < -0.4 is 4.74 Å². The maximum Gasteiger partial charge on any atom is 0.118 e. The van der Waals surface area contributed by atoms with Gasteiger partial charge in [0, 0.05) is 0 Å². The molecule has 3 unspecified atom stereocenters. The number of hydrogen-bond acceptors (Lipinski definition) is 1. The van der Waals surface area contributed by atoms with E-state index in [9.17, 15) is 0 Å². The Morgan fingerprint density at radius 1 is 1.12 bits per heavy atom. The van der Waals surface area contributed by atoms with Gasteiger partial charge in [-0.1, -0.05) is 25.0 Å². The summed E-state index contributed by atoms with van der Waals surface area (Å²) in [6, 6.07) is 8.59. The van der Waals surface area contributed by atoms with Gasteiger partial charge in [0.2, 0.25) is 0 Å². The van der Waals surface area contributed by atoms with Crippen LogP contribution in [0.1, 0.15) is 31.2 Å². The molecule has 0 N–H and O–H groups in total. The third kappa shape index (κ3) is 3.45. The Morgan fingerprint density at radius 3 is 2.35 bits per heavy atom. The molecule has 1 aromatic rings. The van der Waals surface area contributed by atoms with Gasteiger partial charge in [0.1, 0.15) is 5.75 Å². The summed E-state index contributed by atoms with van der Waals surface area (Å²) in [6.45, 7) is 0. The van der Waals surface area contributed by atoms with Crippen molar-refractivity contribution in [2.45, 2.75) is 32.1 Å². The van der Waals surface area contributed by atoms with E-state index in [4.69, 9.17) is 4.74 Å². The fourth-order valence-electron chi connectivity index (χ4n) is 2.93. The maximum absolute atomic E-state index is 5.20. The summed E-state index contributed by atoms with van der Waals surface area (Å²) in [6.07, 6.45) is 8.18. The lowest BCUT2D eigenvalue weighted by molar-refractivity contribution is 0.259. The van der Waals surface area contributed by atoms with Gasteiger partial charge >= 0.3 is 0 Å². The van der Waals surface area contributed by atoms with Crippen LogP contribution in [0.4, 0.5) is 0 Å². The van der Waals surface area contributed by atoms with E-state index in [-0.39, 0.29) is 0 Å². The Morgan fingerprint density at radius 2 is 1.76 bits per heavy atom. The minimum atomic E-state index is 0.884. The lowest BCUT2D eigenvalue weighted by Gasteiger charge is -2.30. The van der Waals surface area contributed by atoms with E-state index in [0.29, 0.717) is 0 Å². The zero-order chi connectivity index (χ0) is 12.1. The van der Waals surface area contributed by atoms with Gasteiger partial charge in [0.05, 0.1) is 7.11 Å². The van der Waals surface area contributed by atoms with Gasteiger partial charge in [-0.2, -0.15) is 0 Å². The average molecular weight is 250 g/mol. The smallest absolute Gasteiger partial charge is 0.118 e. The molecule has 0 bridgehead atoms. The highest BCUT2D eigenvalue weighted by molar-refractivity contribution is 7.16. The van der Waals surface area contributed by atoms with Crippen LogP contribution in [0, 0.1) is 11.8 Å². The van der Waals surface area contributed by atoms with Crippen LogP contribution in [-0.2, 0) is 6.42 Å². The van der Waals surface area contributed by atoms with E-state index >= 15 is 0 Å². The largest absolute Gasteiger partial charge is 0.497 e. The first-order chi connectivity index (χ1) is 8.33. The predicted molar refractivity (Wildman–Crippen MR) is 76.7 cm³/mol. The van der Waals surface area contributed by atoms with Gasteiger partial charge in [-0.3, -0.25) is 0 Å². The molecule has 0 amide bonds. The van der Waals surface area contributed by atoms with Crippen LogP contribution in [0.5, 0.6) is 5.75 Å². The summed E-state index contributed by atoms with van der Waals surface area (Å²) in [5, 5.41) is 0. The summed E-state index contributed by atoms with van der Waals surface area (Å²) in [4.78, 5) is 0. The highest BCUT2D eigenvalue weighted by Crippen LogP contribution is 2.33. The van der Waals surface area contributed by atoms with E-state index in [1.54, 1.807) is 7.11 Å². The molecule has 0 radical (unpaired) electrons. The van der Waals surface area contributed by atoms with E-state index in [0.717, 1.165) is 17.6 Å². The molecule has 1 aliphatic rings. The first-order valence-corrected chi connectivity index (χ1v) is 7.48. The maximum atomic E-state index is 5.20. The number of hydrogen-bond donors (Lipinski definition) is 0. The van der Waals surface area contributed by atoms with Crippen LogP contribution in [-0.4, -0.2) is 13.3 Å². The molecule has 94 valence electrons. The van der Waals surface area contributed by atoms with E-state index in [1.165, 1.54) is 43.8 Å². The molecule has 0 aromatic heterocycles. The van der Waals surface area contributed by atoms with Gasteiger partial charge in [-0.25, -0.2) is 0 Å². The third-order valence-electron chi connectivity index (χ3n) is 4.03. The van der Waals surface area contributed by atoms with Crippen molar-refractivity contribution >= 4 is 9.24 Å². The van der Waals surface area contributed by atoms with Crippen molar-refractivity contribution in [3.05, 3.63) is 29.8 Å². The third-order valence-corrected chi connectivity index (χ3v) is 4.63. The quantitative estimate of drug-likeness (QED) is 0.736. The minimum absolute atomic E-state index is 0.884. The number of rotatable bonds is 4. The lowest BCUT2D eigenvalue weighted by atomic mass is 9.77. The first-order valence-electron chi connectivity index (χ1n) is 6.66. The van der Waals surface area contributed by atoms with Crippen LogP contribution in [0.15, 0.2) is 24.3 Å². The molecule has 1 aliphatic carbocycles. The van der Waals surface area contributed by atoms with Crippen LogP contribution in [0.25, 0.3) is 0 Å². The summed E-state index contributed by atoms with van der Waals surface area (Å²) >= 11 is 0. The molecule has 2 heteroatoms. The van der Waals surface area contributed by atoms with E-state index < -0.39 is 0 Å². The highest BCUT2D eigenvalue weighted by Gasteiger charge is 2.23. The zero-order valence-electron chi connectivity index (χ0n) is 10.7. The molecule has 0 aliphatic heterocycles. The Kier molecular flexibility index (Phi) is 4.86. The standard InChI is InChI=1S/C15H23OP/c1-16-15-8-6-12(7-9-15)10-13-4-2-3-5-14(13)11-17/h6-9,13-14H,2-5,10-11,17H2,1H3. The van der Waals surface area contributed by atoms with Crippen LogP contribution in [0.2, 0.25) is 0 Å². The second kappa shape index (κ2) is 6.40. The molecule has 2 rings (SSSR count). The molecule has 17 heavy (non-hydrogen) atoms. The first kappa shape index (κ1) is 12.9. The van der Waals surface area contributed by atoms with E-state index in [1.807, 2.05) is 0 Å². The molecular weight excluding hydrogens is 227 g/mol. The zero-order valence-corrected chi connectivity index (χ0v) is 11.8. The molecule has 1 nitrogen and oxygen atoms in total. The minimum Gasteiger partial charge on any atom is -0.497 e. The van der Waals surface area contributed by atoms with Crippen molar-refractivity contribution in [3.8, 4) is 5.75 Å². The average Bonchev–Trinajstić information content (AvgIpc) is 2.40. The second-order valence-corrected chi connectivity index (χ2v) is 5.56. The number of methoxy groups -OCH3 is 1. The van der Waals surface area contributed by atoms with Gasteiger partial charge in [-0.05, 0) is 55.0 Å². The van der Waals surface area contributed by atoms with Gasteiger partial charge in [0.25, 0.3) is 0 Å². The number of ether oxygens (including phenoxy) is 1. The van der Waals surface area contributed by atoms with Gasteiger partial charge in [-0.15, -0.1) is 9.24 Å². The molecule has 0 spiro atoms. The van der Waals surface area contributed by atoms with Crippen molar-refractivity contribution < 1.29 is 4.74 Å². The molecule has 1 aromatic carbocycles. The fraction of sp³-hybridized carbons (Fsp3) is 0.600. The Balaban J connectivity index is 1.98. The summed E-state index contributed by atoms with van der Waals surface area (Å²) in [5.74, 6) is 2.76. The molecule has 1 saturated carbocycles. The van der Waals surface area contributed by atoms with Crippen LogP contribution >= 0.6 is 9.24 Å². The molecular formula is C15H23OP. The summed E-state index contributed by atoms with van der Waals surface area (Å²) < 4.78 is 5.20. The molecule has 0 heterocycles. The molecule has 1 fully saturated rings. The molecule has 0 saturated heterocycles. The lowest BCUT2D eigenvalue weighted by Crippen LogP contribution is -2.22. The Labute approximate surface area is 107 Å². The predicted octanol–water partition coefficient (Wildman–Crippen LogP) is 3.92. The Bertz CT molecular complexity index is 333. The topological polar surface area (TPSA) is 9.23 Å². The fourth-order valence-corrected chi connectivity index (χ4v) is 3.55. The Hall–Kier alpha value is -0.550. The normalized spacial score (nSPS) is 24.6.